The molecule has 0 atom stereocenters. The molecule has 4 aliphatic carbocycles. The van der Waals surface area contributed by atoms with Gasteiger partial charge in [0, 0.05) is 116 Å². The van der Waals surface area contributed by atoms with Crippen molar-refractivity contribution >= 4 is 115 Å². The predicted molar refractivity (Wildman–Crippen MR) is 567 cm³/mol. The summed E-state index contributed by atoms with van der Waals surface area (Å²) in [5.74, 6) is 2.07. The summed E-state index contributed by atoms with van der Waals surface area (Å²) in [7, 11) is 1.71. The first kappa shape index (κ1) is 102. The fourth-order valence-corrected chi connectivity index (χ4v) is 22.8. The zero-order chi connectivity index (χ0) is 99.2. The molecule has 8 heterocycles. The van der Waals surface area contributed by atoms with Gasteiger partial charge >= 0.3 is 0 Å². The highest BCUT2D eigenvalue weighted by Gasteiger charge is 2.36. The summed E-state index contributed by atoms with van der Waals surface area (Å²) in [6.45, 7) is 22.2. The Bertz CT molecular complexity index is 6330. The number of piperidine rings is 4. The Kier molecular flexibility index (Phi) is 34.9. The SMILES string of the molecule is CCNC(=O)C1CCC(n2c(NC(=O)c3ccc(C)cc3)nc3ccc(CN4CCCCC4)cc32)CC1.CCNC(=O)C1CCC(n2c(NC(=O)c3ccccc3)nc3ccc(CN4CCCCC4)cc32)CC1.CNC(=O)C1CCC(n2c(NC(=O)c3ccc(C)cc3)nc3ccc(CN4CCCCC4)cc32)CC1.NC(=O)C1CCC(n2c(NC(=O)c3ccccc3)nc3ccc(CN4CCCCC4)cc32)CC1. The van der Waals surface area contributed by atoms with Gasteiger partial charge in [0.05, 0.1) is 44.1 Å². The van der Waals surface area contributed by atoms with Crippen molar-refractivity contribution in [3.05, 3.63) is 238 Å². The van der Waals surface area contributed by atoms with Crippen LogP contribution in [0.2, 0.25) is 0 Å². The quantitative estimate of drug-likeness (QED) is 0.0250. The first-order chi connectivity index (χ1) is 69.7. The van der Waals surface area contributed by atoms with Crippen LogP contribution in [0.3, 0.4) is 0 Å². The van der Waals surface area contributed by atoms with Gasteiger partial charge in [-0.05, 0) is 353 Å². The van der Waals surface area contributed by atoms with Crippen molar-refractivity contribution in [3.63, 3.8) is 0 Å². The Morgan fingerprint density at radius 1 is 0.294 bits per heavy atom. The van der Waals surface area contributed by atoms with Crippen molar-refractivity contribution in [3.8, 4) is 0 Å². The molecule has 8 aliphatic rings. The lowest BCUT2D eigenvalue weighted by molar-refractivity contribution is -0.126. The summed E-state index contributed by atoms with van der Waals surface area (Å²) >= 11 is 0. The Morgan fingerprint density at radius 3 is 0.769 bits per heavy atom. The fourth-order valence-electron chi connectivity index (χ4n) is 22.8. The third kappa shape index (κ3) is 26.1. The van der Waals surface area contributed by atoms with E-state index in [1.807, 2.05) is 125 Å². The largest absolute Gasteiger partial charge is 0.369 e. The van der Waals surface area contributed by atoms with Crippen molar-refractivity contribution in [2.45, 2.75) is 258 Å². The summed E-state index contributed by atoms with van der Waals surface area (Å²) in [6, 6.07) is 60.4. The summed E-state index contributed by atoms with van der Waals surface area (Å²) < 4.78 is 8.87. The molecule has 0 unspecified atom stereocenters. The van der Waals surface area contributed by atoms with E-state index >= 15 is 0 Å². The summed E-state index contributed by atoms with van der Waals surface area (Å²) in [5, 5.41) is 21.1. The maximum absolute atomic E-state index is 13.2. The lowest BCUT2D eigenvalue weighted by Gasteiger charge is -2.30. The number of amides is 8. The number of likely N-dealkylation sites (tertiary alicyclic amines) is 4. The number of nitrogens with one attached hydrogen (secondary N) is 7. The number of aryl methyl sites for hydroxylation is 2. The maximum atomic E-state index is 13.2. The van der Waals surface area contributed by atoms with Crippen LogP contribution < -0.4 is 43.0 Å². The van der Waals surface area contributed by atoms with Crippen molar-refractivity contribution < 1.29 is 38.4 Å². The maximum Gasteiger partial charge on any atom is 0.257 e. The Labute approximate surface area is 841 Å². The van der Waals surface area contributed by atoms with E-state index in [1.165, 1.54) is 99.3 Å². The first-order valence-electron chi connectivity index (χ1n) is 53.2. The van der Waals surface area contributed by atoms with Gasteiger partial charge in [-0.15, -0.1) is 0 Å². The average Bonchev–Trinajstić information content (AvgIpc) is 1.64. The number of anilines is 4. The Hall–Kier alpha value is -12.8. The molecule has 143 heavy (non-hydrogen) atoms. The number of fused-ring (bicyclic) bond motifs is 4. The fraction of sp³-hybridized carbons (Fsp3) is 0.478. The van der Waals surface area contributed by atoms with Crippen LogP contribution in [0, 0.1) is 37.5 Å². The lowest BCUT2D eigenvalue weighted by Crippen LogP contribution is -2.33. The topological polar surface area (TPSA) is 331 Å². The zero-order valence-corrected chi connectivity index (χ0v) is 84.3. The molecule has 0 bridgehead atoms. The minimum Gasteiger partial charge on any atom is -0.369 e. The molecule has 4 saturated heterocycles. The van der Waals surface area contributed by atoms with Crippen LogP contribution in [0.1, 0.15) is 293 Å². The summed E-state index contributed by atoms with van der Waals surface area (Å²) in [4.78, 5) is 131. The van der Waals surface area contributed by atoms with Crippen molar-refractivity contribution in [1.82, 2.24) is 73.8 Å². The second-order valence-electron chi connectivity index (χ2n) is 41.0. The number of hydrogen-bond donors (Lipinski definition) is 8. The second-order valence-corrected chi connectivity index (χ2v) is 41.0. The van der Waals surface area contributed by atoms with E-state index in [4.69, 9.17) is 25.7 Å². The molecule has 4 saturated carbocycles. The van der Waals surface area contributed by atoms with Gasteiger partial charge in [-0.1, -0.05) is 122 Å². The van der Waals surface area contributed by atoms with E-state index in [1.54, 1.807) is 19.2 Å². The smallest absolute Gasteiger partial charge is 0.257 e. The highest BCUT2D eigenvalue weighted by Crippen LogP contribution is 2.44. The molecular weight excluding hydrogens is 1790 g/mol. The average molecular weight is 1940 g/mol. The molecule has 0 radical (unpaired) electrons. The van der Waals surface area contributed by atoms with Gasteiger partial charge in [0.15, 0.2) is 0 Å². The van der Waals surface area contributed by atoms with Crippen molar-refractivity contribution in [2.75, 3.05) is 93.8 Å². The number of nitrogens with two attached hydrogens (primary N) is 1. The molecule has 12 aromatic rings. The number of benzene rings is 8. The van der Waals surface area contributed by atoms with E-state index in [0.717, 1.165) is 237 Å². The van der Waals surface area contributed by atoms with Crippen LogP contribution in [-0.2, 0) is 45.4 Å². The second kappa shape index (κ2) is 49.0. The number of carbonyl (C=O) groups is 8. The predicted octanol–water partition coefficient (Wildman–Crippen LogP) is 20.1. The molecule has 4 aliphatic heterocycles. The third-order valence-electron chi connectivity index (χ3n) is 30.7. The molecule has 20 rings (SSSR count). The molecule has 8 amide bonds. The molecule has 754 valence electrons. The zero-order valence-electron chi connectivity index (χ0n) is 84.3. The van der Waals surface area contributed by atoms with Crippen LogP contribution in [0.5, 0.6) is 0 Å². The lowest BCUT2D eigenvalue weighted by atomic mass is 9.85. The van der Waals surface area contributed by atoms with Gasteiger partial charge < -0.3 is 40.0 Å². The normalized spacial score (nSPS) is 20.9. The third-order valence-corrected chi connectivity index (χ3v) is 30.7. The number of imidazole rings is 4. The van der Waals surface area contributed by atoms with E-state index < -0.39 is 0 Å². The number of carbonyl (C=O) groups excluding carboxylic acids is 8. The van der Waals surface area contributed by atoms with Gasteiger partial charge in [0.1, 0.15) is 0 Å². The highest BCUT2D eigenvalue weighted by molar-refractivity contribution is 6.07. The van der Waals surface area contributed by atoms with Crippen LogP contribution in [0.15, 0.2) is 182 Å². The molecule has 28 heteroatoms. The molecule has 8 aromatic carbocycles. The van der Waals surface area contributed by atoms with Gasteiger partial charge in [0.2, 0.25) is 47.4 Å². The standard InChI is InChI=1S/C30H39N5O2.2C29H37N5O2.C27H33N5O2/c1-3-31-28(36)23-12-14-25(15-13-23)35-27-19-22(20-34-17-5-4-6-18-34)9-16-26(27)32-30(35)33-29(37)24-10-7-21(2)8-11-24;1-20-6-9-23(10-7-20)28(36)32-29-31-25-15-8-21(19-33-16-4-3-5-17-33)18-26(25)34(29)24-13-11-22(12-14-24)27(35)30-2;1-2-30-27(35)23-12-14-24(15-13-23)34-26-19-21(20-33-17-7-4-8-18-33)11-16-25(26)31-29(34)32-28(36)22-9-5-3-6-10-22;28-25(33)20-10-12-22(13-11-20)32-24-17-19(18-31-15-5-2-6-16-31)9-14-23(24)29-27(32)30-26(34)21-7-3-1-4-8-21/h7-11,16,19,23,25H,3-6,12-15,17-18,20H2,1-2H3,(H,31,36)(H,32,33,37);6-10,15,18,22,24H,3-5,11-14,16-17,19H2,1-2H3,(H,30,35)(H,31,32,36);3,5-6,9-11,16,19,23-24H,2,4,7-8,12-15,17-18,20H2,1H3,(H,30,35)(H,31,32,36);1,3-4,7-9,14,17,20,22H,2,5-6,10-13,15-16,18H2,(H2,28,33)(H,29,30,34). The van der Waals surface area contributed by atoms with Crippen molar-refractivity contribution in [1.29, 1.82) is 0 Å². The van der Waals surface area contributed by atoms with E-state index in [2.05, 4.69) is 148 Å². The molecule has 4 aromatic heterocycles. The Balaban J connectivity index is 0.000000131. The molecule has 0 spiro atoms. The first-order valence-corrected chi connectivity index (χ1v) is 53.2. The minimum atomic E-state index is -0.213. The summed E-state index contributed by atoms with van der Waals surface area (Å²) in [5.41, 5.74) is 23.2. The number of aromatic nitrogens is 8. The molecule has 9 N–H and O–H groups in total. The number of rotatable bonds is 26. The van der Waals surface area contributed by atoms with Crippen molar-refractivity contribution in [2.24, 2.45) is 29.4 Å². The van der Waals surface area contributed by atoms with Gasteiger partial charge in [0.25, 0.3) is 23.6 Å². The molecule has 28 nitrogen and oxygen atoms in total. The van der Waals surface area contributed by atoms with E-state index in [9.17, 15) is 38.4 Å². The molecular formula is C115H146N20O8. The molecule has 8 fully saturated rings. The summed E-state index contributed by atoms with van der Waals surface area (Å²) in [6.07, 6.45) is 29.0. The number of hydrogen-bond acceptors (Lipinski definition) is 16. The van der Waals surface area contributed by atoms with Crippen LogP contribution in [0.4, 0.5) is 23.8 Å². The van der Waals surface area contributed by atoms with E-state index in [-0.39, 0.29) is 95.1 Å². The highest BCUT2D eigenvalue weighted by atomic mass is 16.2. The van der Waals surface area contributed by atoms with Gasteiger partial charge in [-0.25, -0.2) is 19.9 Å². The monoisotopic (exact) mass is 1940 g/mol. The van der Waals surface area contributed by atoms with Gasteiger partial charge in [-0.3, -0.25) is 79.2 Å². The number of nitrogens with zero attached hydrogens (tertiary/aromatic N) is 12. The van der Waals surface area contributed by atoms with Crippen LogP contribution in [0.25, 0.3) is 44.1 Å². The number of primary amides is 1. The van der Waals surface area contributed by atoms with Crippen LogP contribution in [-0.4, -0.2) is 178 Å². The van der Waals surface area contributed by atoms with E-state index in [0.29, 0.717) is 59.1 Å². The van der Waals surface area contributed by atoms with Crippen LogP contribution >= 0.6 is 0 Å². The Morgan fingerprint density at radius 2 is 0.531 bits per heavy atom. The van der Waals surface area contributed by atoms with Gasteiger partial charge in [-0.2, -0.15) is 0 Å². The minimum absolute atomic E-state index is 0.0568.